The average molecular weight is 184 g/mol. The van der Waals surface area contributed by atoms with E-state index in [0.717, 1.165) is 17.2 Å². The molecule has 0 unspecified atom stereocenters. The zero-order valence-electron chi connectivity index (χ0n) is 7.47. The lowest BCUT2D eigenvalue weighted by atomic mass is 10.1. The highest BCUT2D eigenvalue weighted by Gasteiger charge is 2.03. The Morgan fingerprint density at radius 3 is 3.00 bits per heavy atom. The molecule has 3 heteroatoms. The van der Waals surface area contributed by atoms with Crippen molar-refractivity contribution in [2.75, 3.05) is 0 Å². The van der Waals surface area contributed by atoms with Crippen molar-refractivity contribution in [3.8, 4) is 6.07 Å². The van der Waals surface area contributed by atoms with Crippen molar-refractivity contribution in [1.82, 2.24) is 4.57 Å². The van der Waals surface area contributed by atoms with E-state index in [1.54, 1.807) is 6.07 Å². The van der Waals surface area contributed by atoms with Gasteiger partial charge in [0.2, 0.25) is 0 Å². The van der Waals surface area contributed by atoms with Gasteiger partial charge in [-0.15, -0.1) is 0 Å². The Balaban J connectivity index is 2.70. The standard InChI is InChI=1S/C11H8N2O/c12-8-9-2-1-3-11-10(9)4-5-13(11)6-7-14/h1-5,7H,6H2. The number of nitrogens with zero attached hydrogens (tertiary/aromatic N) is 2. The minimum atomic E-state index is 0.332. The molecule has 0 N–H and O–H groups in total. The number of carbonyl (C=O) groups excluding carboxylic acids is 1. The molecule has 0 atom stereocenters. The third-order valence-electron chi connectivity index (χ3n) is 2.21. The van der Waals surface area contributed by atoms with Gasteiger partial charge in [0.1, 0.15) is 6.29 Å². The molecular formula is C11H8N2O. The van der Waals surface area contributed by atoms with Crippen LogP contribution in [0.4, 0.5) is 0 Å². The normalized spacial score (nSPS) is 9.93. The molecule has 0 spiro atoms. The molecule has 0 fully saturated rings. The first-order chi connectivity index (χ1) is 6.86. The first-order valence-corrected chi connectivity index (χ1v) is 4.28. The predicted molar refractivity (Wildman–Crippen MR) is 52.7 cm³/mol. The molecule has 0 amide bonds. The fourth-order valence-corrected chi connectivity index (χ4v) is 1.56. The molecule has 0 bridgehead atoms. The Morgan fingerprint density at radius 2 is 2.29 bits per heavy atom. The molecule has 0 radical (unpaired) electrons. The van der Waals surface area contributed by atoms with Crippen molar-refractivity contribution in [1.29, 1.82) is 5.26 Å². The van der Waals surface area contributed by atoms with Crippen molar-refractivity contribution in [3.63, 3.8) is 0 Å². The van der Waals surface area contributed by atoms with Crippen LogP contribution in [0.1, 0.15) is 5.56 Å². The van der Waals surface area contributed by atoms with Gasteiger partial charge in [0.05, 0.1) is 18.2 Å². The predicted octanol–water partition coefficient (Wildman–Crippen LogP) is 1.71. The molecule has 0 aliphatic heterocycles. The molecule has 1 heterocycles. The van der Waals surface area contributed by atoms with Crippen molar-refractivity contribution in [2.24, 2.45) is 0 Å². The molecule has 0 aliphatic rings. The summed E-state index contributed by atoms with van der Waals surface area (Å²) in [5, 5.41) is 9.75. The molecule has 1 aromatic heterocycles. The van der Waals surface area contributed by atoms with Crippen molar-refractivity contribution >= 4 is 17.2 Å². The van der Waals surface area contributed by atoms with E-state index in [2.05, 4.69) is 6.07 Å². The van der Waals surface area contributed by atoms with Gasteiger partial charge in [-0.05, 0) is 18.2 Å². The van der Waals surface area contributed by atoms with Gasteiger partial charge in [-0.2, -0.15) is 5.26 Å². The zero-order valence-corrected chi connectivity index (χ0v) is 7.47. The van der Waals surface area contributed by atoms with E-state index in [9.17, 15) is 4.79 Å². The average Bonchev–Trinajstić information content (AvgIpc) is 2.62. The highest BCUT2D eigenvalue weighted by atomic mass is 16.1. The van der Waals surface area contributed by atoms with E-state index in [1.807, 2.05) is 29.0 Å². The summed E-state index contributed by atoms with van der Waals surface area (Å²) < 4.78 is 1.82. The molecule has 2 aromatic rings. The van der Waals surface area contributed by atoms with Crippen LogP contribution in [0.2, 0.25) is 0 Å². The van der Waals surface area contributed by atoms with Crippen LogP contribution in [0.25, 0.3) is 10.9 Å². The van der Waals surface area contributed by atoms with Gasteiger partial charge in [-0.3, -0.25) is 0 Å². The largest absolute Gasteiger partial charge is 0.340 e. The number of carbonyl (C=O) groups is 1. The maximum absolute atomic E-state index is 10.4. The smallest absolute Gasteiger partial charge is 0.139 e. The van der Waals surface area contributed by atoms with Gasteiger partial charge in [-0.25, -0.2) is 0 Å². The van der Waals surface area contributed by atoms with E-state index in [-0.39, 0.29) is 0 Å². The molecule has 2 rings (SSSR count). The monoisotopic (exact) mass is 184 g/mol. The summed E-state index contributed by atoms with van der Waals surface area (Å²) in [7, 11) is 0. The summed E-state index contributed by atoms with van der Waals surface area (Å²) in [4.78, 5) is 10.4. The third-order valence-corrected chi connectivity index (χ3v) is 2.21. The first kappa shape index (κ1) is 8.52. The Labute approximate surface area is 81.2 Å². The minimum Gasteiger partial charge on any atom is -0.340 e. The van der Waals surface area contributed by atoms with E-state index in [0.29, 0.717) is 12.1 Å². The number of aldehydes is 1. The number of rotatable bonds is 2. The quantitative estimate of drug-likeness (QED) is 0.667. The van der Waals surface area contributed by atoms with Crippen LogP contribution in [-0.2, 0) is 11.3 Å². The minimum absolute atomic E-state index is 0.332. The second-order valence-electron chi connectivity index (χ2n) is 2.98. The Hall–Kier alpha value is -2.08. The number of fused-ring (bicyclic) bond motifs is 1. The Morgan fingerprint density at radius 1 is 1.43 bits per heavy atom. The number of aromatic nitrogens is 1. The summed E-state index contributed by atoms with van der Waals surface area (Å²) in [5.41, 5.74) is 1.57. The van der Waals surface area contributed by atoms with E-state index >= 15 is 0 Å². The van der Waals surface area contributed by atoms with E-state index in [4.69, 9.17) is 5.26 Å². The van der Waals surface area contributed by atoms with Crippen LogP contribution in [0.15, 0.2) is 30.5 Å². The van der Waals surface area contributed by atoms with Crippen molar-refractivity contribution in [3.05, 3.63) is 36.0 Å². The van der Waals surface area contributed by atoms with Gasteiger partial charge in [0, 0.05) is 17.1 Å². The summed E-state index contributed by atoms with van der Waals surface area (Å²) in [6, 6.07) is 9.48. The number of hydrogen-bond donors (Lipinski definition) is 0. The van der Waals surface area contributed by atoms with Crippen LogP contribution in [0.3, 0.4) is 0 Å². The fourth-order valence-electron chi connectivity index (χ4n) is 1.56. The van der Waals surface area contributed by atoms with Gasteiger partial charge in [0.25, 0.3) is 0 Å². The summed E-state index contributed by atoms with van der Waals surface area (Å²) >= 11 is 0. The number of hydrogen-bond acceptors (Lipinski definition) is 2. The lowest BCUT2D eigenvalue weighted by molar-refractivity contribution is -0.108. The van der Waals surface area contributed by atoms with Crippen molar-refractivity contribution < 1.29 is 4.79 Å². The maximum Gasteiger partial charge on any atom is 0.139 e. The van der Waals surface area contributed by atoms with Crippen LogP contribution in [0, 0.1) is 11.3 Å². The van der Waals surface area contributed by atoms with Gasteiger partial charge >= 0.3 is 0 Å². The van der Waals surface area contributed by atoms with Crippen molar-refractivity contribution in [2.45, 2.75) is 6.54 Å². The molecule has 0 saturated carbocycles. The lowest BCUT2D eigenvalue weighted by Crippen LogP contribution is -1.95. The molecule has 68 valence electrons. The van der Waals surface area contributed by atoms with Crippen LogP contribution in [-0.4, -0.2) is 10.9 Å². The summed E-state index contributed by atoms with van der Waals surface area (Å²) in [6.45, 7) is 0.332. The number of benzene rings is 1. The Kier molecular flexibility index (Phi) is 2.04. The molecular weight excluding hydrogens is 176 g/mol. The molecule has 1 aromatic carbocycles. The van der Waals surface area contributed by atoms with Crippen LogP contribution < -0.4 is 0 Å². The van der Waals surface area contributed by atoms with E-state index in [1.165, 1.54) is 0 Å². The molecule has 3 nitrogen and oxygen atoms in total. The fraction of sp³-hybridized carbons (Fsp3) is 0.0909. The molecule has 14 heavy (non-hydrogen) atoms. The van der Waals surface area contributed by atoms with Gasteiger partial charge < -0.3 is 9.36 Å². The second kappa shape index (κ2) is 3.35. The lowest BCUT2D eigenvalue weighted by Gasteiger charge is -1.99. The second-order valence-corrected chi connectivity index (χ2v) is 2.98. The highest BCUT2D eigenvalue weighted by Crippen LogP contribution is 2.19. The van der Waals surface area contributed by atoms with Gasteiger partial charge in [-0.1, -0.05) is 6.07 Å². The van der Waals surface area contributed by atoms with Crippen LogP contribution in [0.5, 0.6) is 0 Å². The zero-order chi connectivity index (χ0) is 9.97. The highest BCUT2D eigenvalue weighted by molar-refractivity contribution is 5.86. The molecule has 0 aliphatic carbocycles. The first-order valence-electron chi connectivity index (χ1n) is 4.28. The summed E-state index contributed by atoms with van der Waals surface area (Å²) in [5.74, 6) is 0. The van der Waals surface area contributed by atoms with Crippen LogP contribution >= 0.6 is 0 Å². The van der Waals surface area contributed by atoms with Gasteiger partial charge in [0.15, 0.2) is 0 Å². The summed E-state index contributed by atoms with van der Waals surface area (Å²) in [6.07, 6.45) is 2.67. The van der Waals surface area contributed by atoms with E-state index < -0.39 is 0 Å². The SMILES string of the molecule is N#Cc1cccc2c1ccn2CC=O. The maximum atomic E-state index is 10.4. The third kappa shape index (κ3) is 1.17. The topological polar surface area (TPSA) is 45.8 Å². The number of nitriles is 1. The molecule has 0 saturated heterocycles. The Bertz CT molecular complexity index is 520.